The standard InChI is InChI=1S/C32H60O4.Na.H2O4S.H/c1-3-5-7-9-11-13-15-17-19-21-23-25-29-35-31(33)27-28-32(34)36-30-26-24-22-20-18-16-14-12-10-8-6-4-2;;1-5(2,3)4;/h27-28H,3-26,29-30H2,1-2H3;;(H2,1,2,3,4);/b28-27-;;;. The van der Waals surface area contributed by atoms with Gasteiger partial charge in [0.15, 0.2) is 0 Å². The molecule has 246 valence electrons. The third kappa shape index (κ3) is 49.2. The van der Waals surface area contributed by atoms with Gasteiger partial charge < -0.3 is 9.47 Å². The molecule has 0 heterocycles. The molecule has 0 amide bonds. The van der Waals surface area contributed by atoms with Crippen LogP contribution in [0.15, 0.2) is 12.2 Å². The molecule has 0 spiro atoms. The molecule has 0 atom stereocenters. The van der Waals surface area contributed by atoms with Crippen LogP contribution >= 0.6 is 0 Å². The zero-order valence-corrected chi connectivity index (χ0v) is 27.1. The SMILES string of the molecule is CCCCCCCCCCCCCCOC(=O)/C=C\C(=O)OCCCCCCCCCCCCCC.O=S(=O)(O)O.[NaH]. The summed E-state index contributed by atoms with van der Waals surface area (Å²) in [5.74, 6) is -0.916. The first-order chi connectivity index (χ1) is 19.7. The van der Waals surface area contributed by atoms with E-state index in [9.17, 15) is 9.59 Å². The Morgan fingerprint density at radius 1 is 0.476 bits per heavy atom. The van der Waals surface area contributed by atoms with Crippen LogP contribution in [0.5, 0.6) is 0 Å². The van der Waals surface area contributed by atoms with E-state index in [1.165, 1.54) is 141 Å². The van der Waals surface area contributed by atoms with Crippen LogP contribution in [0.25, 0.3) is 0 Å². The van der Waals surface area contributed by atoms with Crippen molar-refractivity contribution in [3.05, 3.63) is 12.2 Å². The summed E-state index contributed by atoms with van der Waals surface area (Å²) in [5.41, 5.74) is 0. The van der Waals surface area contributed by atoms with Gasteiger partial charge in [-0.15, -0.1) is 0 Å². The van der Waals surface area contributed by atoms with Gasteiger partial charge in [-0.1, -0.05) is 155 Å². The predicted molar refractivity (Wildman–Crippen MR) is 175 cm³/mol. The molecule has 0 unspecified atom stereocenters. The number of hydrogen-bond acceptors (Lipinski definition) is 6. The third-order valence-electron chi connectivity index (χ3n) is 6.84. The maximum absolute atomic E-state index is 11.7. The molecule has 0 aromatic rings. The van der Waals surface area contributed by atoms with Gasteiger partial charge in [0.25, 0.3) is 0 Å². The summed E-state index contributed by atoms with van der Waals surface area (Å²) in [6, 6.07) is 0. The predicted octanol–water partition coefficient (Wildman–Crippen LogP) is 8.73. The van der Waals surface area contributed by atoms with Crippen LogP contribution in [0.4, 0.5) is 0 Å². The second-order valence-corrected chi connectivity index (χ2v) is 11.8. The molecule has 0 saturated heterocycles. The number of carbonyl (C=O) groups is 2. The third-order valence-corrected chi connectivity index (χ3v) is 6.84. The Kier molecular flexibility index (Phi) is 40.2. The topological polar surface area (TPSA) is 127 Å². The normalized spacial score (nSPS) is 11.0. The van der Waals surface area contributed by atoms with Crippen LogP contribution in [0.3, 0.4) is 0 Å². The number of esters is 2. The van der Waals surface area contributed by atoms with Gasteiger partial charge in [0.2, 0.25) is 0 Å². The second kappa shape index (κ2) is 36.7. The first kappa shape index (κ1) is 46.0. The zero-order chi connectivity index (χ0) is 30.9. The van der Waals surface area contributed by atoms with Crippen LogP contribution in [-0.4, -0.2) is 72.2 Å². The fraction of sp³-hybridized carbons (Fsp3) is 0.875. The van der Waals surface area contributed by atoms with E-state index in [0.717, 1.165) is 25.7 Å². The average Bonchev–Trinajstić information content (AvgIpc) is 2.91. The molecule has 0 radical (unpaired) electrons. The molecule has 10 heteroatoms. The summed E-state index contributed by atoms with van der Waals surface area (Å²) in [6.45, 7) is 5.37. The first-order valence-corrected chi connectivity index (χ1v) is 17.8. The Morgan fingerprint density at radius 3 is 0.881 bits per heavy atom. The van der Waals surface area contributed by atoms with Crippen molar-refractivity contribution in [2.75, 3.05) is 13.2 Å². The van der Waals surface area contributed by atoms with E-state index < -0.39 is 22.3 Å². The van der Waals surface area contributed by atoms with Crippen LogP contribution in [-0.2, 0) is 29.5 Å². The Bertz CT molecular complexity index is 661. The van der Waals surface area contributed by atoms with Crippen LogP contribution in [0.1, 0.15) is 168 Å². The van der Waals surface area contributed by atoms with E-state index in [1.54, 1.807) is 0 Å². The van der Waals surface area contributed by atoms with Gasteiger partial charge in [-0.25, -0.2) is 9.59 Å². The maximum atomic E-state index is 11.7. The molecule has 0 bridgehead atoms. The molecule has 42 heavy (non-hydrogen) atoms. The molecule has 0 saturated carbocycles. The van der Waals surface area contributed by atoms with Crippen molar-refractivity contribution in [2.45, 2.75) is 168 Å². The van der Waals surface area contributed by atoms with Crippen molar-refractivity contribution in [1.82, 2.24) is 0 Å². The van der Waals surface area contributed by atoms with Gasteiger partial charge in [-0.3, -0.25) is 9.11 Å². The fourth-order valence-corrected chi connectivity index (χ4v) is 4.46. The monoisotopic (exact) mass is 630 g/mol. The molecule has 2 N–H and O–H groups in total. The van der Waals surface area contributed by atoms with Gasteiger partial charge in [-0.2, -0.15) is 8.42 Å². The van der Waals surface area contributed by atoms with Gasteiger partial charge in [0.1, 0.15) is 0 Å². The minimum atomic E-state index is -4.67. The number of rotatable bonds is 28. The molecule has 0 aliphatic rings. The van der Waals surface area contributed by atoms with Gasteiger partial charge in [-0.05, 0) is 12.8 Å². The molecule has 0 aromatic carbocycles. The Morgan fingerprint density at radius 2 is 0.667 bits per heavy atom. The van der Waals surface area contributed by atoms with E-state index in [4.69, 9.17) is 27.0 Å². The molecule has 0 aromatic heterocycles. The number of ether oxygens (including phenoxy) is 2. The summed E-state index contributed by atoms with van der Waals surface area (Å²) in [6.07, 6.45) is 33.1. The van der Waals surface area contributed by atoms with Crippen LogP contribution in [0, 0.1) is 0 Å². The van der Waals surface area contributed by atoms with E-state index in [-0.39, 0.29) is 29.6 Å². The van der Waals surface area contributed by atoms with Crippen molar-refractivity contribution in [1.29, 1.82) is 0 Å². The molecule has 0 aliphatic carbocycles. The Labute approximate surface area is 280 Å². The molecular weight excluding hydrogens is 567 g/mol. The van der Waals surface area contributed by atoms with E-state index in [1.807, 2.05) is 0 Å². The summed E-state index contributed by atoms with van der Waals surface area (Å²) in [4.78, 5) is 23.4. The van der Waals surface area contributed by atoms with Gasteiger partial charge >= 0.3 is 51.9 Å². The van der Waals surface area contributed by atoms with E-state index >= 15 is 0 Å². The Balaban J connectivity index is -0.00000232. The summed E-state index contributed by atoms with van der Waals surface area (Å²) in [7, 11) is -4.67. The summed E-state index contributed by atoms with van der Waals surface area (Å²) < 4.78 is 41.9. The summed E-state index contributed by atoms with van der Waals surface area (Å²) in [5, 5.41) is 0. The first-order valence-electron chi connectivity index (χ1n) is 16.4. The summed E-state index contributed by atoms with van der Waals surface area (Å²) >= 11 is 0. The molecular formula is C32H63NaO8S. The van der Waals surface area contributed by atoms with Crippen molar-refractivity contribution in [3.63, 3.8) is 0 Å². The van der Waals surface area contributed by atoms with Crippen molar-refractivity contribution in [2.24, 2.45) is 0 Å². The second-order valence-electron chi connectivity index (χ2n) is 10.9. The van der Waals surface area contributed by atoms with Crippen LogP contribution < -0.4 is 0 Å². The fourth-order valence-electron chi connectivity index (χ4n) is 4.46. The van der Waals surface area contributed by atoms with Crippen molar-refractivity contribution in [3.8, 4) is 0 Å². The van der Waals surface area contributed by atoms with Crippen molar-refractivity contribution < 1.29 is 36.6 Å². The molecule has 0 fully saturated rings. The number of hydrogen-bond donors (Lipinski definition) is 2. The Hall–Kier alpha value is -0.450. The van der Waals surface area contributed by atoms with Gasteiger partial charge in [0, 0.05) is 12.2 Å². The van der Waals surface area contributed by atoms with Crippen molar-refractivity contribution >= 4 is 51.9 Å². The molecule has 0 aliphatic heterocycles. The van der Waals surface area contributed by atoms with E-state index in [0.29, 0.717) is 13.2 Å². The van der Waals surface area contributed by atoms with E-state index in [2.05, 4.69) is 13.8 Å². The zero-order valence-electron chi connectivity index (χ0n) is 26.3. The van der Waals surface area contributed by atoms with Gasteiger partial charge in [0.05, 0.1) is 13.2 Å². The molecule has 8 nitrogen and oxygen atoms in total. The van der Waals surface area contributed by atoms with Crippen LogP contribution in [0.2, 0.25) is 0 Å². The average molecular weight is 631 g/mol. The quantitative estimate of drug-likeness (QED) is 0.0289. The number of unbranched alkanes of at least 4 members (excludes halogenated alkanes) is 22. The minimum absolute atomic E-state index is 0. The number of carbonyl (C=O) groups excluding carboxylic acids is 2. The molecule has 0 rings (SSSR count).